The van der Waals surface area contributed by atoms with E-state index in [1.165, 1.54) is 5.57 Å². The van der Waals surface area contributed by atoms with Crippen LogP contribution in [0.3, 0.4) is 0 Å². The second kappa shape index (κ2) is 3.19. The summed E-state index contributed by atoms with van der Waals surface area (Å²) in [5.74, 6) is 0.363. The molecule has 0 radical (unpaired) electrons. The van der Waals surface area contributed by atoms with Crippen molar-refractivity contribution in [2.24, 2.45) is 5.92 Å². The van der Waals surface area contributed by atoms with E-state index in [-0.39, 0.29) is 12.2 Å². The van der Waals surface area contributed by atoms with Gasteiger partial charge in [-0.05, 0) is 32.1 Å². The van der Waals surface area contributed by atoms with Crippen LogP contribution in [0.1, 0.15) is 32.1 Å². The molecule has 0 aromatic heterocycles. The lowest BCUT2D eigenvalue weighted by molar-refractivity contribution is 0.0753. The first-order chi connectivity index (χ1) is 5.77. The molecule has 68 valence electrons. The minimum absolute atomic E-state index is 0.141. The second-order valence-corrected chi connectivity index (χ2v) is 3.95. The third-order valence-electron chi connectivity index (χ3n) is 3.09. The molecule has 0 aliphatic heterocycles. The number of hydrogen-bond acceptors (Lipinski definition) is 2. The molecule has 0 bridgehead atoms. The molecule has 1 fully saturated rings. The molecule has 2 aliphatic rings. The van der Waals surface area contributed by atoms with Gasteiger partial charge in [0, 0.05) is 5.92 Å². The van der Waals surface area contributed by atoms with E-state index in [4.69, 9.17) is 0 Å². The Morgan fingerprint density at radius 1 is 1.17 bits per heavy atom. The molecule has 2 rings (SSSR count). The fourth-order valence-corrected chi connectivity index (χ4v) is 2.41. The highest BCUT2D eigenvalue weighted by Gasteiger charge is 2.30. The second-order valence-electron chi connectivity index (χ2n) is 3.95. The van der Waals surface area contributed by atoms with Gasteiger partial charge in [0.25, 0.3) is 0 Å². The van der Waals surface area contributed by atoms with Crippen LogP contribution in [0.2, 0.25) is 0 Å². The molecule has 3 atom stereocenters. The predicted molar refractivity (Wildman–Crippen MR) is 46.7 cm³/mol. The molecule has 2 nitrogen and oxygen atoms in total. The Morgan fingerprint density at radius 2 is 2.00 bits per heavy atom. The largest absolute Gasteiger partial charge is 0.393 e. The van der Waals surface area contributed by atoms with Crippen LogP contribution in [-0.4, -0.2) is 22.4 Å². The highest BCUT2D eigenvalue weighted by atomic mass is 16.3. The van der Waals surface area contributed by atoms with Gasteiger partial charge in [-0.15, -0.1) is 0 Å². The summed E-state index contributed by atoms with van der Waals surface area (Å²) in [5.41, 5.74) is 1.30. The zero-order chi connectivity index (χ0) is 8.55. The highest BCUT2D eigenvalue weighted by Crippen LogP contribution is 2.36. The fourth-order valence-electron chi connectivity index (χ4n) is 2.41. The topological polar surface area (TPSA) is 40.5 Å². The van der Waals surface area contributed by atoms with E-state index in [2.05, 4.69) is 0 Å². The van der Waals surface area contributed by atoms with Crippen LogP contribution in [0.25, 0.3) is 0 Å². The summed E-state index contributed by atoms with van der Waals surface area (Å²) in [6, 6.07) is 0. The molecule has 12 heavy (non-hydrogen) atoms. The van der Waals surface area contributed by atoms with Gasteiger partial charge in [0.1, 0.15) is 0 Å². The number of aliphatic hydroxyl groups is 2. The van der Waals surface area contributed by atoms with Crippen LogP contribution in [0.15, 0.2) is 11.6 Å². The lowest BCUT2D eigenvalue weighted by Crippen LogP contribution is -2.31. The molecule has 2 N–H and O–H groups in total. The zero-order valence-corrected chi connectivity index (χ0v) is 7.24. The Morgan fingerprint density at radius 3 is 2.83 bits per heavy atom. The number of hydrogen-bond donors (Lipinski definition) is 2. The van der Waals surface area contributed by atoms with Gasteiger partial charge in [-0.25, -0.2) is 0 Å². The van der Waals surface area contributed by atoms with E-state index < -0.39 is 0 Å². The fraction of sp³-hybridized carbons (Fsp3) is 0.800. The Labute approximate surface area is 72.9 Å². The van der Waals surface area contributed by atoms with E-state index in [9.17, 15) is 10.2 Å². The summed E-state index contributed by atoms with van der Waals surface area (Å²) in [4.78, 5) is 0. The summed E-state index contributed by atoms with van der Waals surface area (Å²) in [5, 5.41) is 19.0. The zero-order valence-electron chi connectivity index (χ0n) is 7.24. The van der Waals surface area contributed by atoms with Gasteiger partial charge >= 0.3 is 0 Å². The van der Waals surface area contributed by atoms with Crippen molar-refractivity contribution in [3.8, 4) is 0 Å². The third kappa shape index (κ3) is 1.41. The molecule has 0 aromatic rings. The van der Waals surface area contributed by atoms with Crippen molar-refractivity contribution in [2.45, 2.75) is 44.3 Å². The van der Waals surface area contributed by atoms with Crippen LogP contribution in [0.5, 0.6) is 0 Å². The lowest BCUT2D eigenvalue weighted by Gasteiger charge is -2.34. The highest BCUT2D eigenvalue weighted by molar-refractivity contribution is 5.16. The summed E-state index contributed by atoms with van der Waals surface area (Å²) in [6.45, 7) is 0. The van der Waals surface area contributed by atoms with Crippen molar-refractivity contribution in [3.63, 3.8) is 0 Å². The van der Waals surface area contributed by atoms with Gasteiger partial charge in [0.05, 0.1) is 12.2 Å². The number of rotatable bonds is 0. The van der Waals surface area contributed by atoms with E-state index in [0.29, 0.717) is 5.92 Å². The lowest BCUT2D eigenvalue weighted by atomic mass is 9.75. The Hall–Kier alpha value is -0.340. The molecule has 0 amide bonds. The molecule has 0 unspecified atom stereocenters. The maximum absolute atomic E-state index is 9.67. The molecular formula is C10H16O2. The molecule has 1 saturated carbocycles. The molecule has 2 heteroatoms. The third-order valence-corrected chi connectivity index (χ3v) is 3.09. The smallest absolute Gasteiger partial charge is 0.0723 e. The van der Waals surface area contributed by atoms with E-state index >= 15 is 0 Å². The predicted octanol–water partition coefficient (Wildman–Crippen LogP) is 1.23. The molecule has 0 heterocycles. The summed E-state index contributed by atoms with van der Waals surface area (Å²) in [7, 11) is 0. The average molecular weight is 168 g/mol. The normalized spacial score (nSPS) is 41.8. The Balaban J connectivity index is 2.15. The Kier molecular flexibility index (Phi) is 2.20. The summed E-state index contributed by atoms with van der Waals surface area (Å²) in [6.07, 6.45) is 6.46. The first kappa shape index (κ1) is 8.27. The van der Waals surface area contributed by atoms with Crippen LogP contribution < -0.4 is 0 Å². The van der Waals surface area contributed by atoms with Crippen molar-refractivity contribution in [1.82, 2.24) is 0 Å². The van der Waals surface area contributed by atoms with Crippen LogP contribution in [-0.2, 0) is 0 Å². The first-order valence-electron chi connectivity index (χ1n) is 4.84. The van der Waals surface area contributed by atoms with E-state index in [1.54, 1.807) is 0 Å². The van der Waals surface area contributed by atoms with Gasteiger partial charge in [-0.1, -0.05) is 11.6 Å². The quantitative estimate of drug-likeness (QED) is 0.534. The van der Waals surface area contributed by atoms with Crippen molar-refractivity contribution in [2.75, 3.05) is 0 Å². The van der Waals surface area contributed by atoms with E-state index in [0.717, 1.165) is 32.1 Å². The maximum Gasteiger partial charge on any atom is 0.0723 e. The van der Waals surface area contributed by atoms with Crippen LogP contribution in [0.4, 0.5) is 0 Å². The standard InChI is InChI=1S/C10H16O2/c11-8-4-5-9-7(6-8)2-1-3-10(9)12/h6,8-12H,1-5H2/t8-,9-,10-/m0/s1. The van der Waals surface area contributed by atoms with Gasteiger partial charge < -0.3 is 10.2 Å². The SMILES string of the molecule is O[C@@H]1C=C2CCC[C@H](O)[C@H]2CC1. The number of aliphatic hydroxyl groups excluding tert-OH is 2. The Bertz CT molecular complexity index is 198. The average Bonchev–Trinajstić information content (AvgIpc) is 2.04. The van der Waals surface area contributed by atoms with Gasteiger partial charge in [0.2, 0.25) is 0 Å². The molecule has 0 saturated heterocycles. The van der Waals surface area contributed by atoms with Crippen molar-refractivity contribution in [3.05, 3.63) is 11.6 Å². The van der Waals surface area contributed by atoms with Crippen LogP contribution in [0, 0.1) is 5.92 Å². The minimum atomic E-state index is -0.249. The van der Waals surface area contributed by atoms with Crippen molar-refractivity contribution in [1.29, 1.82) is 0 Å². The van der Waals surface area contributed by atoms with E-state index in [1.807, 2.05) is 6.08 Å². The minimum Gasteiger partial charge on any atom is -0.393 e. The van der Waals surface area contributed by atoms with Crippen molar-refractivity contribution >= 4 is 0 Å². The molecular weight excluding hydrogens is 152 g/mol. The van der Waals surface area contributed by atoms with Gasteiger partial charge in [-0.3, -0.25) is 0 Å². The molecule has 2 aliphatic carbocycles. The first-order valence-corrected chi connectivity index (χ1v) is 4.84. The summed E-state index contributed by atoms with van der Waals surface area (Å²) >= 11 is 0. The monoisotopic (exact) mass is 168 g/mol. The molecule has 0 aromatic carbocycles. The maximum atomic E-state index is 9.67. The molecule has 0 spiro atoms. The number of fused-ring (bicyclic) bond motifs is 1. The van der Waals surface area contributed by atoms with Gasteiger partial charge in [0.15, 0.2) is 0 Å². The van der Waals surface area contributed by atoms with Gasteiger partial charge in [-0.2, -0.15) is 0 Å². The van der Waals surface area contributed by atoms with Crippen molar-refractivity contribution < 1.29 is 10.2 Å². The van der Waals surface area contributed by atoms with Crippen LogP contribution >= 0.6 is 0 Å². The summed E-state index contributed by atoms with van der Waals surface area (Å²) < 4.78 is 0.